The van der Waals surface area contributed by atoms with Crippen molar-refractivity contribution in [3.8, 4) is 11.1 Å². The van der Waals surface area contributed by atoms with E-state index in [0.717, 1.165) is 34.9 Å². The van der Waals surface area contributed by atoms with E-state index < -0.39 is 0 Å². The van der Waals surface area contributed by atoms with Crippen molar-refractivity contribution in [3.05, 3.63) is 175 Å². The van der Waals surface area contributed by atoms with Crippen molar-refractivity contribution in [2.45, 2.75) is 20.3 Å². The van der Waals surface area contributed by atoms with E-state index in [4.69, 9.17) is 0 Å². The molecule has 0 amide bonds. The van der Waals surface area contributed by atoms with Crippen LogP contribution in [0.2, 0.25) is 0 Å². The third-order valence-electron chi connectivity index (χ3n) is 7.35. The molecule has 0 heterocycles. The zero-order valence-corrected chi connectivity index (χ0v) is 23.6. The van der Waals surface area contributed by atoms with Crippen LogP contribution in [0.5, 0.6) is 0 Å². The Morgan fingerprint density at radius 3 is 1.56 bits per heavy atom. The Morgan fingerprint density at radius 2 is 0.976 bits per heavy atom. The molecule has 5 aromatic rings. The Hall–Kier alpha value is -5.08. The topological polar surface area (TPSA) is 6.48 Å². The van der Waals surface area contributed by atoms with Crippen molar-refractivity contribution < 1.29 is 0 Å². The zero-order valence-electron chi connectivity index (χ0n) is 23.6. The molecule has 5 aromatic carbocycles. The van der Waals surface area contributed by atoms with Crippen molar-refractivity contribution in [3.63, 3.8) is 0 Å². The van der Waals surface area contributed by atoms with Gasteiger partial charge in [0, 0.05) is 34.1 Å². The van der Waals surface area contributed by atoms with Crippen LogP contribution in [0.1, 0.15) is 17.5 Å². The first-order valence-electron chi connectivity index (χ1n) is 14.2. The molecule has 0 N–H and O–H groups in total. The highest BCUT2D eigenvalue weighted by atomic mass is 15.1. The van der Waals surface area contributed by atoms with E-state index in [2.05, 4.69) is 181 Å². The SMILES string of the molecule is Cc1cccc(N(C2=CCC=CC=C2)c2ccc(-c3ccc(N(c4ccccc4)c4cccc(C)c4)cc3)cc2)c1. The fraction of sp³-hybridized carbons (Fsp3) is 0.0769. The first kappa shape index (κ1) is 26.2. The van der Waals surface area contributed by atoms with Gasteiger partial charge in [-0.15, -0.1) is 0 Å². The molecule has 1 aliphatic rings. The summed E-state index contributed by atoms with van der Waals surface area (Å²) in [5, 5.41) is 0. The van der Waals surface area contributed by atoms with Gasteiger partial charge in [-0.25, -0.2) is 0 Å². The lowest BCUT2D eigenvalue weighted by molar-refractivity contribution is 1.18. The molecule has 41 heavy (non-hydrogen) atoms. The van der Waals surface area contributed by atoms with E-state index in [9.17, 15) is 0 Å². The number of hydrogen-bond acceptors (Lipinski definition) is 2. The molecule has 0 bridgehead atoms. The predicted molar refractivity (Wildman–Crippen MR) is 176 cm³/mol. The van der Waals surface area contributed by atoms with E-state index in [-0.39, 0.29) is 0 Å². The Morgan fingerprint density at radius 1 is 0.463 bits per heavy atom. The second-order valence-electron chi connectivity index (χ2n) is 10.4. The van der Waals surface area contributed by atoms with Crippen LogP contribution in [0.4, 0.5) is 28.4 Å². The highest BCUT2D eigenvalue weighted by Crippen LogP contribution is 2.37. The van der Waals surface area contributed by atoms with Crippen LogP contribution < -0.4 is 9.80 Å². The standard InChI is InChI=1S/C39H34N2/c1-30-12-10-18-38(28-30)40(34-14-6-3-4-7-15-34)36-24-20-32(21-25-36)33-22-26-37(27-23-33)41(35-16-8-5-9-17-35)39-19-11-13-31(2)29-39/h3-6,8-29H,7H2,1-2H3. The summed E-state index contributed by atoms with van der Waals surface area (Å²) in [6.07, 6.45) is 11.8. The molecule has 2 nitrogen and oxygen atoms in total. The molecule has 0 atom stereocenters. The first-order valence-corrected chi connectivity index (χ1v) is 14.2. The normalized spacial score (nSPS) is 12.5. The van der Waals surface area contributed by atoms with Crippen LogP contribution in [-0.2, 0) is 0 Å². The average Bonchev–Trinajstić information content (AvgIpc) is 3.29. The second-order valence-corrected chi connectivity index (χ2v) is 10.4. The molecular weight excluding hydrogens is 496 g/mol. The minimum absolute atomic E-state index is 0.914. The molecule has 0 aromatic heterocycles. The number of para-hydroxylation sites is 1. The molecule has 0 saturated heterocycles. The van der Waals surface area contributed by atoms with Crippen molar-refractivity contribution >= 4 is 28.4 Å². The number of hydrogen-bond donors (Lipinski definition) is 0. The van der Waals surface area contributed by atoms with Crippen LogP contribution in [-0.4, -0.2) is 0 Å². The van der Waals surface area contributed by atoms with Crippen LogP contribution in [0.15, 0.2) is 163 Å². The minimum Gasteiger partial charge on any atom is -0.311 e. The van der Waals surface area contributed by atoms with E-state index >= 15 is 0 Å². The van der Waals surface area contributed by atoms with E-state index in [1.807, 2.05) is 0 Å². The van der Waals surface area contributed by atoms with E-state index in [0.29, 0.717) is 0 Å². The molecule has 1 aliphatic carbocycles. The summed E-state index contributed by atoms with van der Waals surface area (Å²) < 4.78 is 0. The summed E-state index contributed by atoms with van der Waals surface area (Å²) in [7, 11) is 0. The summed E-state index contributed by atoms with van der Waals surface area (Å²) in [5.41, 5.74) is 11.8. The number of nitrogens with zero attached hydrogens (tertiary/aromatic N) is 2. The predicted octanol–water partition coefficient (Wildman–Crippen LogP) is 11.0. The minimum atomic E-state index is 0.914. The summed E-state index contributed by atoms with van der Waals surface area (Å²) in [6.45, 7) is 4.28. The van der Waals surface area contributed by atoms with Gasteiger partial charge in [0.2, 0.25) is 0 Å². The van der Waals surface area contributed by atoms with Crippen molar-refractivity contribution in [2.24, 2.45) is 0 Å². The first-order chi connectivity index (χ1) is 20.2. The van der Waals surface area contributed by atoms with Gasteiger partial charge in [0.25, 0.3) is 0 Å². The van der Waals surface area contributed by atoms with Gasteiger partial charge < -0.3 is 9.80 Å². The van der Waals surface area contributed by atoms with E-state index in [1.54, 1.807) is 0 Å². The monoisotopic (exact) mass is 530 g/mol. The Labute approximate surface area is 243 Å². The van der Waals surface area contributed by atoms with Gasteiger partial charge in [-0.2, -0.15) is 0 Å². The highest BCUT2D eigenvalue weighted by Gasteiger charge is 2.15. The fourth-order valence-electron chi connectivity index (χ4n) is 5.35. The summed E-state index contributed by atoms with van der Waals surface area (Å²) in [6, 6.07) is 45.7. The third-order valence-corrected chi connectivity index (χ3v) is 7.35. The quantitative estimate of drug-likeness (QED) is 0.206. The van der Waals surface area contributed by atoms with Gasteiger partial charge >= 0.3 is 0 Å². The number of anilines is 5. The molecule has 6 rings (SSSR count). The maximum absolute atomic E-state index is 2.34. The Bertz CT molecular complexity index is 1710. The molecule has 2 heteroatoms. The molecule has 200 valence electrons. The molecule has 0 saturated carbocycles. The van der Waals surface area contributed by atoms with Gasteiger partial charge in [0.15, 0.2) is 0 Å². The maximum atomic E-state index is 2.34. The molecular formula is C39H34N2. The summed E-state index contributed by atoms with van der Waals surface area (Å²) in [4.78, 5) is 4.64. The van der Waals surface area contributed by atoms with Crippen molar-refractivity contribution in [2.75, 3.05) is 9.80 Å². The molecule has 0 aliphatic heterocycles. The molecule has 0 unspecified atom stereocenters. The van der Waals surface area contributed by atoms with Gasteiger partial charge in [-0.05, 0) is 109 Å². The van der Waals surface area contributed by atoms with Crippen LogP contribution in [0, 0.1) is 13.8 Å². The number of benzene rings is 5. The maximum Gasteiger partial charge on any atom is 0.0464 e. The zero-order chi connectivity index (χ0) is 28.0. The molecule has 0 spiro atoms. The second kappa shape index (κ2) is 12.0. The van der Waals surface area contributed by atoms with Gasteiger partial charge in [-0.1, -0.05) is 91.0 Å². The summed E-state index contributed by atoms with van der Waals surface area (Å²) in [5.74, 6) is 0. The van der Waals surface area contributed by atoms with Crippen LogP contribution in [0.3, 0.4) is 0 Å². The fourth-order valence-corrected chi connectivity index (χ4v) is 5.35. The van der Waals surface area contributed by atoms with Crippen molar-refractivity contribution in [1.82, 2.24) is 0 Å². The lowest BCUT2D eigenvalue weighted by Crippen LogP contribution is -2.15. The number of rotatable bonds is 7. The Balaban J connectivity index is 1.32. The van der Waals surface area contributed by atoms with Crippen LogP contribution in [0.25, 0.3) is 11.1 Å². The lowest BCUT2D eigenvalue weighted by Gasteiger charge is -2.27. The smallest absolute Gasteiger partial charge is 0.0464 e. The highest BCUT2D eigenvalue weighted by molar-refractivity contribution is 5.79. The van der Waals surface area contributed by atoms with Gasteiger partial charge in [-0.3, -0.25) is 0 Å². The van der Waals surface area contributed by atoms with Crippen molar-refractivity contribution in [1.29, 1.82) is 0 Å². The number of aryl methyl sites for hydroxylation is 2. The van der Waals surface area contributed by atoms with Gasteiger partial charge in [0.05, 0.1) is 0 Å². The lowest BCUT2D eigenvalue weighted by atomic mass is 10.0. The number of allylic oxidation sites excluding steroid dienone is 5. The van der Waals surface area contributed by atoms with Crippen LogP contribution >= 0.6 is 0 Å². The molecule has 0 fully saturated rings. The average molecular weight is 531 g/mol. The third kappa shape index (κ3) is 5.92. The summed E-state index contributed by atoms with van der Waals surface area (Å²) >= 11 is 0. The van der Waals surface area contributed by atoms with Gasteiger partial charge in [0.1, 0.15) is 0 Å². The van der Waals surface area contributed by atoms with E-state index in [1.165, 1.54) is 28.0 Å². The molecule has 0 radical (unpaired) electrons. The largest absolute Gasteiger partial charge is 0.311 e. The Kier molecular flexibility index (Phi) is 7.64.